The number of hydrogen-bond acceptors (Lipinski definition) is 2. The fourth-order valence-corrected chi connectivity index (χ4v) is 3.17. The van der Waals surface area contributed by atoms with Crippen LogP contribution in [0, 0.1) is 12.8 Å². The molecule has 1 atom stereocenters. The van der Waals surface area contributed by atoms with Crippen LogP contribution in [-0.4, -0.2) is 17.1 Å². The summed E-state index contributed by atoms with van der Waals surface area (Å²) in [6.07, 6.45) is 5.78. The summed E-state index contributed by atoms with van der Waals surface area (Å²) in [6.45, 7) is 1.99. The molecule has 0 saturated heterocycles. The van der Waals surface area contributed by atoms with Crippen LogP contribution in [0.5, 0.6) is 0 Å². The molecule has 2 amide bonds. The van der Waals surface area contributed by atoms with Crippen molar-refractivity contribution in [2.75, 3.05) is 5.32 Å². The summed E-state index contributed by atoms with van der Waals surface area (Å²) >= 11 is 5.14. The number of nitrogens with two attached hydrogens (primary N) is 1. The van der Waals surface area contributed by atoms with Crippen LogP contribution in [0.1, 0.15) is 37.7 Å². The van der Waals surface area contributed by atoms with E-state index in [1.807, 2.05) is 31.2 Å². The van der Waals surface area contributed by atoms with Crippen molar-refractivity contribution in [1.82, 2.24) is 5.32 Å². The number of carbonyl (C=O) groups is 1. The molecule has 1 aliphatic carbocycles. The van der Waals surface area contributed by atoms with E-state index >= 15 is 0 Å². The predicted molar refractivity (Wildman–Crippen MR) is 90.5 cm³/mol. The molecular formula is C16H23N3OS. The molecule has 1 fully saturated rings. The van der Waals surface area contributed by atoms with E-state index in [0.717, 1.165) is 24.1 Å². The third kappa shape index (κ3) is 4.70. The van der Waals surface area contributed by atoms with E-state index in [1.165, 1.54) is 19.3 Å². The summed E-state index contributed by atoms with van der Waals surface area (Å²) < 4.78 is 0. The molecule has 0 radical (unpaired) electrons. The van der Waals surface area contributed by atoms with Gasteiger partial charge in [-0.2, -0.15) is 0 Å². The zero-order chi connectivity index (χ0) is 15.2. The van der Waals surface area contributed by atoms with Crippen LogP contribution in [0.4, 0.5) is 10.5 Å². The van der Waals surface area contributed by atoms with Crippen molar-refractivity contribution in [2.24, 2.45) is 11.7 Å². The summed E-state index contributed by atoms with van der Waals surface area (Å²) in [7, 11) is 0. The van der Waals surface area contributed by atoms with Crippen LogP contribution in [0.15, 0.2) is 24.3 Å². The Morgan fingerprint density at radius 2 is 2.05 bits per heavy atom. The van der Waals surface area contributed by atoms with E-state index in [-0.39, 0.29) is 12.1 Å². The molecule has 0 bridgehead atoms. The van der Waals surface area contributed by atoms with E-state index in [0.29, 0.717) is 10.9 Å². The number of thiocarbonyl (C=S) groups is 1. The Bertz CT molecular complexity index is 512. The third-order valence-corrected chi connectivity index (χ3v) is 4.24. The first kappa shape index (κ1) is 15.8. The lowest BCUT2D eigenvalue weighted by molar-refractivity contribution is 0.242. The standard InChI is InChI=1S/C16H23N3OS/c1-11-6-5-9-13(10-11)18-16(20)19-14(15(17)21)12-7-3-2-4-8-12/h5-6,9-10,12,14H,2-4,7-8H2,1H3,(H2,17,21)(H2,18,19,20). The first-order valence-electron chi connectivity index (χ1n) is 7.50. The molecule has 114 valence electrons. The van der Waals surface area contributed by atoms with Crippen molar-refractivity contribution in [2.45, 2.75) is 45.1 Å². The SMILES string of the molecule is Cc1cccc(NC(=O)NC(C(N)=S)C2CCCCC2)c1. The Kier molecular flexibility index (Phi) is 5.56. The molecule has 4 N–H and O–H groups in total. The van der Waals surface area contributed by atoms with Gasteiger partial charge < -0.3 is 16.4 Å². The Morgan fingerprint density at radius 3 is 2.67 bits per heavy atom. The molecule has 1 unspecified atom stereocenters. The average molecular weight is 305 g/mol. The van der Waals surface area contributed by atoms with Gasteiger partial charge in [0, 0.05) is 5.69 Å². The van der Waals surface area contributed by atoms with E-state index in [1.54, 1.807) is 0 Å². The normalized spacial score (nSPS) is 17.0. The average Bonchev–Trinajstić information content (AvgIpc) is 2.45. The fourth-order valence-electron chi connectivity index (χ4n) is 2.92. The van der Waals surface area contributed by atoms with Gasteiger partial charge in [-0.1, -0.05) is 43.6 Å². The largest absolute Gasteiger partial charge is 0.392 e. The number of rotatable bonds is 4. The van der Waals surface area contributed by atoms with Gasteiger partial charge in [-0.25, -0.2) is 4.79 Å². The summed E-state index contributed by atoms with van der Waals surface area (Å²) in [5.74, 6) is 0.361. The molecule has 0 aliphatic heterocycles. The molecule has 0 heterocycles. The van der Waals surface area contributed by atoms with Gasteiger partial charge in [-0.15, -0.1) is 0 Å². The highest BCUT2D eigenvalue weighted by Crippen LogP contribution is 2.26. The number of urea groups is 1. The van der Waals surface area contributed by atoms with Gasteiger partial charge in [0.2, 0.25) is 0 Å². The van der Waals surface area contributed by atoms with Gasteiger partial charge in [0.1, 0.15) is 0 Å². The second kappa shape index (κ2) is 7.41. The summed E-state index contributed by atoms with van der Waals surface area (Å²) in [6, 6.07) is 7.23. The molecule has 21 heavy (non-hydrogen) atoms. The highest BCUT2D eigenvalue weighted by Gasteiger charge is 2.27. The summed E-state index contributed by atoms with van der Waals surface area (Å²) in [4.78, 5) is 12.5. The summed E-state index contributed by atoms with van der Waals surface area (Å²) in [5.41, 5.74) is 7.70. The van der Waals surface area contributed by atoms with E-state index in [9.17, 15) is 4.79 Å². The zero-order valence-electron chi connectivity index (χ0n) is 12.4. The van der Waals surface area contributed by atoms with Crippen molar-refractivity contribution in [1.29, 1.82) is 0 Å². The van der Waals surface area contributed by atoms with Gasteiger partial charge in [0.25, 0.3) is 0 Å². The molecular weight excluding hydrogens is 282 g/mol. The number of anilines is 1. The van der Waals surface area contributed by atoms with Crippen molar-refractivity contribution in [3.63, 3.8) is 0 Å². The number of benzene rings is 1. The molecule has 1 aromatic carbocycles. The lowest BCUT2D eigenvalue weighted by Gasteiger charge is -2.30. The number of hydrogen-bond donors (Lipinski definition) is 3. The van der Waals surface area contributed by atoms with E-state index < -0.39 is 0 Å². The minimum Gasteiger partial charge on any atom is -0.392 e. The Hall–Kier alpha value is -1.62. The quantitative estimate of drug-likeness (QED) is 0.747. The minimum absolute atomic E-state index is 0.217. The van der Waals surface area contributed by atoms with Crippen LogP contribution in [0.2, 0.25) is 0 Å². The van der Waals surface area contributed by atoms with E-state index in [2.05, 4.69) is 10.6 Å². The first-order chi connectivity index (χ1) is 10.1. The first-order valence-corrected chi connectivity index (χ1v) is 7.90. The molecule has 0 aromatic heterocycles. The number of carbonyl (C=O) groups excluding carboxylic acids is 1. The smallest absolute Gasteiger partial charge is 0.319 e. The predicted octanol–water partition coefficient (Wildman–Crippen LogP) is 3.35. The van der Waals surface area contributed by atoms with Gasteiger partial charge in [0.05, 0.1) is 11.0 Å². The zero-order valence-corrected chi connectivity index (χ0v) is 13.2. The lowest BCUT2D eigenvalue weighted by Crippen LogP contribution is -2.50. The topological polar surface area (TPSA) is 67.2 Å². The maximum absolute atomic E-state index is 12.1. The van der Waals surface area contributed by atoms with Crippen molar-refractivity contribution < 1.29 is 4.79 Å². The Balaban J connectivity index is 1.96. The second-order valence-electron chi connectivity index (χ2n) is 5.75. The van der Waals surface area contributed by atoms with Crippen LogP contribution in [0.25, 0.3) is 0 Å². The maximum Gasteiger partial charge on any atom is 0.319 e. The van der Waals surface area contributed by atoms with Crippen molar-refractivity contribution in [3.8, 4) is 0 Å². The van der Waals surface area contributed by atoms with Gasteiger partial charge in [0.15, 0.2) is 0 Å². The molecule has 0 spiro atoms. The van der Waals surface area contributed by atoms with Crippen LogP contribution in [-0.2, 0) is 0 Å². The molecule has 1 aromatic rings. The van der Waals surface area contributed by atoms with Crippen LogP contribution < -0.4 is 16.4 Å². The molecule has 1 aliphatic rings. The Labute approximate surface area is 131 Å². The van der Waals surface area contributed by atoms with Gasteiger partial charge in [-0.3, -0.25) is 0 Å². The van der Waals surface area contributed by atoms with Crippen LogP contribution in [0.3, 0.4) is 0 Å². The van der Waals surface area contributed by atoms with E-state index in [4.69, 9.17) is 18.0 Å². The number of nitrogens with one attached hydrogen (secondary N) is 2. The molecule has 2 rings (SSSR count). The third-order valence-electron chi connectivity index (χ3n) is 3.99. The molecule has 5 heteroatoms. The lowest BCUT2D eigenvalue weighted by atomic mass is 9.84. The maximum atomic E-state index is 12.1. The highest BCUT2D eigenvalue weighted by atomic mass is 32.1. The van der Waals surface area contributed by atoms with Crippen LogP contribution >= 0.6 is 12.2 Å². The Morgan fingerprint density at radius 1 is 1.33 bits per heavy atom. The number of amides is 2. The molecule has 4 nitrogen and oxygen atoms in total. The van der Waals surface area contributed by atoms with Gasteiger partial charge >= 0.3 is 6.03 Å². The summed E-state index contributed by atoms with van der Waals surface area (Å²) in [5, 5.41) is 5.78. The van der Waals surface area contributed by atoms with Crippen molar-refractivity contribution in [3.05, 3.63) is 29.8 Å². The van der Waals surface area contributed by atoms with Crippen molar-refractivity contribution >= 4 is 28.9 Å². The number of aryl methyl sites for hydroxylation is 1. The second-order valence-corrected chi connectivity index (χ2v) is 6.22. The molecule has 1 saturated carbocycles. The van der Waals surface area contributed by atoms with Gasteiger partial charge in [-0.05, 0) is 43.4 Å². The fraction of sp³-hybridized carbons (Fsp3) is 0.500. The minimum atomic E-state index is -0.246. The monoisotopic (exact) mass is 305 g/mol. The highest BCUT2D eigenvalue weighted by molar-refractivity contribution is 7.80.